The summed E-state index contributed by atoms with van der Waals surface area (Å²) >= 11 is 0. The Bertz CT molecular complexity index is 1140. The van der Waals surface area contributed by atoms with Gasteiger partial charge in [-0.15, -0.1) is 0 Å². The maximum Gasteiger partial charge on any atom is 0.266 e. The number of benzene rings is 3. The van der Waals surface area contributed by atoms with Crippen LogP contribution in [-0.2, 0) is 16.8 Å². The Hall–Kier alpha value is -3.60. The molecule has 0 bridgehead atoms. The van der Waals surface area contributed by atoms with Crippen LogP contribution in [0.1, 0.15) is 16.7 Å². The maximum absolute atomic E-state index is 13.4. The van der Waals surface area contributed by atoms with Gasteiger partial charge in [0.1, 0.15) is 5.75 Å². The molecule has 29 heavy (non-hydrogen) atoms. The third kappa shape index (κ3) is 2.62. The molecule has 1 amide bonds. The third-order valence-electron chi connectivity index (χ3n) is 5.73. The number of fused-ring (bicyclic) bond motifs is 1. The summed E-state index contributed by atoms with van der Waals surface area (Å²) in [4.78, 5) is 19.4. The van der Waals surface area contributed by atoms with Crippen LogP contribution < -0.4 is 10.5 Å². The maximum atomic E-state index is 13.4. The van der Waals surface area contributed by atoms with Crippen LogP contribution in [0, 0.1) is 0 Å². The first-order chi connectivity index (χ1) is 14.1. The van der Waals surface area contributed by atoms with Crippen molar-refractivity contribution >= 4 is 11.9 Å². The molecule has 0 aliphatic carbocycles. The monoisotopic (exact) mass is 383 g/mol. The second-order valence-electron chi connectivity index (χ2n) is 7.41. The first-order valence-electron chi connectivity index (χ1n) is 9.65. The van der Waals surface area contributed by atoms with E-state index in [4.69, 9.17) is 10.5 Å². The summed E-state index contributed by atoms with van der Waals surface area (Å²) in [5.74, 6) is 1.02. The van der Waals surface area contributed by atoms with Gasteiger partial charge in [-0.3, -0.25) is 9.69 Å². The van der Waals surface area contributed by atoms with E-state index in [1.54, 1.807) is 7.05 Å². The number of nitrogens with two attached hydrogens (primary N) is 1. The number of carbonyl (C=O) groups is 1. The van der Waals surface area contributed by atoms with Crippen molar-refractivity contribution in [3.8, 4) is 16.9 Å². The summed E-state index contributed by atoms with van der Waals surface area (Å²) < 4.78 is 5.62. The number of guanidine groups is 1. The minimum Gasteiger partial charge on any atom is -0.493 e. The molecule has 0 spiro atoms. The van der Waals surface area contributed by atoms with Gasteiger partial charge in [-0.25, -0.2) is 4.99 Å². The minimum atomic E-state index is -1.17. The van der Waals surface area contributed by atoms with Crippen molar-refractivity contribution in [3.63, 3.8) is 0 Å². The second-order valence-corrected chi connectivity index (χ2v) is 7.41. The molecule has 2 aliphatic heterocycles. The fourth-order valence-corrected chi connectivity index (χ4v) is 4.15. The Balaban J connectivity index is 1.67. The third-order valence-corrected chi connectivity index (χ3v) is 5.73. The van der Waals surface area contributed by atoms with Gasteiger partial charge in [-0.1, -0.05) is 54.6 Å². The Morgan fingerprint density at radius 2 is 1.72 bits per heavy atom. The van der Waals surface area contributed by atoms with Gasteiger partial charge in [-0.2, -0.15) is 0 Å². The van der Waals surface area contributed by atoms with Crippen LogP contribution in [0.3, 0.4) is 0 Å². The van der Waals surface area contributed by atoms with Crippen LogP contribution >= 0.6 is 0 Å². The largest absolute Gasteiger partial charge is 0.493 e. The van der Waals surface area contributed by atoms with Crippen molar-refractivity contribution in [2.45, 2.75) is 12.0 Å². The fourth-order valence-electron chi connectivity index (χ4n) is 4.15. The zero-order valence-corrected chi connectivity index (χ0v) is 16.1. The Kier molecular flexibility index (Phi) is 3.91. The molecule has 5 heteroatoms. The molecule has 0 saturated carbocycles. The van der Waals surface area contributed by atoms with Gasteiger partial charge in [0, 0.05) is 13.5 Å². The molecular formula is C24H21N3O2. The molecule has 0 saturated heterocycles. The number of hydrogen-bond acceptors (Lipinski definition) is 4. The molecule has 5 nitrogen and oxygen atoms in total. The van der Waals surface area contributed by atoms with E-state index in [1.807, 2.05) is 54.6 Å². The molecule has 2 N–H and O–H groups in total. The molecule has 2 aliphatic rings. The van der Waals surface area contributed by atoms with E-state index in [-0.39, 0.29) is 11.9 Å². The number of likely N-dealkylation sites (N-methyl/N-ethyl adjacent to an activating group) is 1. The zero-order valence-electron chi connectivity index (χ0n) is 16.1. The molecule has 3 aromatic rings. The van der Waals surface area contributed by atoms with E-state index in [1.165, 1.54) is 10.5 Å². The van der Waals surface area contributed by atoms with Crippen LogP contribution in [0.2, 0.25) is 0 Å². The van der Waals surface area contributed by atoms with E-state index in [0.717, 1.165) is 41.0 Å². The van der Waals surface area contributed by atoms with Crippen molar-refractivity contribution in [3.05, 3.63) is 89.5 Å². The number of rotatable bonds is 3. The SMILES string of the molecule is CN1C(=O)C(c2ccccc2)(c2cccc(-c3ccc4c(c3)CCO4)c2)N=C1N. The minimum absolute atomic E-state index is 0.152. The lowest BCUT2D eigenvalue weighted by molar-refractivity contribution is -0.129. The molecular weight excluding hydrogens is 362 g/mol. The highest BCUT2D eigenvalue weighted by Crippen LogP contribution is 2.40. The predicted octanol–water partition coefficient (Wildman–Crippen LogP) is 3.32. The average Bonchev–Trinajstić information content (AvgIpc) is 3.33. The van der Waals surface area contributed by atoms with E-state index in [9.17, 15) is 4.79 Å². The summed E-state index contributed by atoms with van der Waals surface area (Å²) in [7, 11) is 1.66. The molecule has 3 aromatic carbocycles. The van der Waals surface area contributed by atoms with E-state index >= 15 is 0 Å². The number of ether oxygens (including phenoxy) is 1. The highest BCUT2D eigenvalue weighted by molar-refractivity contribution is 6.09. The van der Waals surface area contributed by atoms with Crippen molar-refractivity contribution in [1.82, 2.24) is 4.90 Å². The van der Waals surface area contributed by atoms with Crippen LogP contribution in [0.5, 0.6) is 5.75 Å². The molecule has 1 unspecified atom stereocenters. The van der Waals surface area contributed by atoms with E-state index < -0.39 is 5.54 Å². The average molecular weight is 383 g/mol. The molecule has 144 valence electrons. The van der Waals surface area contributed by atoms with Gasteiger partial charge >= 0.3 is 0 Å². The van der Waals surface area contributed by atoms with Gasteiger partial charge in [0.05, 0.1) is 6.61 Å². The number of nitrogens with zero attached hydrogens (tertiary/aromatic N) is 2. The van der Waals surface area contributed by atoms with Gasteiger partial charge in [0.2, 0.25) is 0 Å². The summed E-state index contributed by atoms with van der Waals surface area (Å²) in [6.45, 7) is 0.727. The lowest BCUT2D eigenvalue weighted by Gasteiger charge is -2.26. The van der Waals surface area contributed by atoms with Crippen molar-refractivity contribution < 1.29 is 9.53 Å². The normalized spacial score (nSPS) is 20.4. The Morgan fingerprint density at radius 1 is 0.966 bits per heavy atom. The van der Waals surface area contributed by atoms with Gasteiger partial charge < -0.3 is 10.5 Å². The molecule has 0 radical (unpaired) electrons. The number of aliphatic imine (C=N–C) groups is 1. The van der Waals surface area contributed by atoms with E-state index in [0.29, 0.717) is 0 Å². The smallest absolute Gasteiger partial charge is 0.266 e. The van der Waals surface area contributed by atoms with Crippen LogP contribution in [0.25, 0.3) is 11.1 Å². The van der Waals surface area contributed by atoms with Crippen LogP contribution in [0.4, 0.5) is 0 Å². The van der Waals surface area contributed by atoms with Crippen molar-refractivity contribution in [1.29, 1.82) is 0 Å². The van der Waals surface area contributed by atoms with Crippen LogP contribution in [0.15, 0.2) is 77.8 Å². The molecule has 1 atom stereocenters. The quantitative estimate of drug-likeness (QED) is 0.754. The van der Waals surface area contributed by atoms with Gasteiger partial charge in [0.25, 0.3) is 5.91 Å². The summed E-state index contributed by atoms with van der Waals surface area (Å²) in [6.07, 6.45) is 0.918. The molecule has 5 rings (SSSR count). The highest BCUT2D eigenvalue weighted by Gasteiger charge is 2.49. The molecule has 0 aromatic heterocycles. The van der Waals surface area contributed by atoms with Crippen molar-refractivity contribution in [2.75, 3.05) is 13.7 Å². The lowest BCUT2D eigenvalue weighted by Crippen LogP contribution is -2.41. The Labute approximate surface area is 169 Å². The number of carbonyl (C=O) groups excluding carboxylic acids is 1. The zero-order chi connectivity index (χ0) is 20.0. The summed E-state index contributed by atoms with van der Waals surface area (Å²) in [5, 5.41) is 0. The van der Waals surface area contributed by atoms with Gasteiger partial charge in [-0.05, 0) is 46.0 Å². The number of hydrogen-bond donors (Lipinski definition) is 1. The van der Waals surface area contributed by atoms with Crippen LogP contribution in [-0.4, -0.2) is 30.4 Å². The first-order valence-corrected chi connectivity index (χ1v) is 9.65. The van der Waals surface area contributed by atoms with Crippen molar-refractivity contribution in [2.24, 2.45) is 10.7 Å². The fraction of sp³-hybridized carbons (Fsp3) is 0.167. The molecule has 0 fully saturated rings. The Morgan fingerprint density at radius 3 is 2.48 bits per heavy atom. The lowest BCUT2D eigenvalue weighted by atomic mass is 9.81. The predicted molar refractivity (Wildman–Crippen MR) is 113 cm³/mol. The topological polar surface area (TPSA) is 67.9 Å². The summed E-state index contributed by atoms with van der Waals surface area (Å²) in [5.41, 5.74) is 9.84. The first kappa shape index (κ1) is 17.5. The standard InChI is InChI=1S/C24H21N3O2/c1-27-22(28)24(26-23(27)25,19-7-3-2-4-8-19)20-9-5-6-16(15-20)17-10-11-21-18(14-17)12-13-29-21/h2-11,14-15H,12-13H2,1H3,(H2,25,26). The number of amides is 1. The summed E-state index contributed by atoms with van der Waals surface area (Å²) in [6, 6.07) is 23.8. The molecule has 2 heterocycles. The second kappa shape index (κ2) is 6.48. The van der Waals surface area contributed by atoms with E-state index in [2.05, 4.69) is 23.2 Å². The highest BCUT2D eigenvalue weighted by atomic mass is 16.5. The van der Waals surface area contributed by atoms with Gasteiger partial charge in [0.15, 0.2) is 11.5 Å².